The van der Waals surface area contributed by atoms with Gasteiger partial charge < -0.3 is 19.8 Å². The van der Waals surface area contributed by atoms with Crippen LogP contribution >= 0.6 is 22.9 Å². The highest BCUT2D eigenvalue weighted by Crippen LogP contribution is 2.35. The predicted octanol–water partition coefficient (Wildman–Crippen LogP) is 5.63. The maximum atomic E-state index is 13.4. The molecule has 8 nitrogen and oxygen atoms in total. The van der Waals surface area contributed by atoms with Gasteiger partial charge in [0.1, 0.15) is 5.76 Å². The zero-order chi connectivity index (χ0) is 25.8. The number of ether oxygens (including phenoxy) is 1. The molecule has 3 heterocycles. The number of halogens is 1. The number of carbonyl (C=O) groups is 3. The lowest BCUT2D eigenvalue weighted by atomic mass is 10.00. The Labute approximate surface area is 221 Å². The zero-order valence-electron chi connectivity index (χ0n) is 19.4. The van der Waals surface area contributed by atoms with Crippen molar-refractivity contribution in [3.05, 3.63) is 111 Å². The number of anilines is 1. The third kappa shape index (κ3) is 5.68. The van der Waals surface area contributed by atoms with Gasteiger partial charge in [-0.05, 0) is 59.0 Å². The van der Waals surface area contributed by atoms with Crippen molar-refractivity contribution >= 4 is 46.5 Å². The number of hydrogen-bond acceptors (Lipinski definition) is 6. The number of carbonyl (C=O) groups excluding carboxylic acids is 3. The minimum Gasteiger partial charge on any atom is -0.467 e. The molecule has 2 atom stereocenters. The zero-order valence-corrected chi connectivity index (χ0v) is 21.0. The Morgan fingerprint density at radius 3 is 2.65 bits per heavy atom. The van der Waals surface area contributed by atoms with Crippen LogP contribution in [0.5, 0.6) is 0 Å². The molecule has 0 radical (unpaired) electrons. The number of thiophene rings is 1. The summed E-state index contributed by atoms with van der Waals surface area (Å²) in [7, 11) is 0. The minimum atomic E-state index is -0.968. The average molecular weight is 536 g/mol. The summed E-state index contributed by atoms with van der Waals surface area (Å²) in [6.07, 6.45) is -0.00785. The Kier molecular flexibility index (Phi) is 7.25. The number of cyclic esters (lactones) is 1. The van der Waals surface area contributed by atoms with Gasteiger partial charge in [0.15, 0.2) is 12.1 Å². The number of amides is 3. The van der Waals surface area contributed by atoms with Crippen molar-refractivity contribution in [3.63, 3.8) is 0 Å². The highest BCUT2D eigenvalue weighted by molar-refractivity contribution is 7.12. The fourth-order valence-corrected chi connectivity index (χ4v) is 4.96. The van der Waals surface area contributed by atoms with Crippen LogP contribution in [0.4, 0.5) is 10.5 Å². The van der Waals surface area contributed by atoms with Crippen molar-refractivity contribution in [2.75, 3.05) is 5.32 Å². The number of furan rings is 1. The van der Waals surface area contributed by atoms with Gasteiger partial charge in [-0.15, -0.1) is 11.3 Å². The highest BCUT2D eigenvalue weighted by atomic mass is 35.5. The van der Waals surface area contributed by atoms with Crippen molar-refractivity contribution in [2.45, 2.75) is 25.2 Å². The van der Waals surface area contributed by atoms with E-state index in [-0.39, 0.29) is 19.0 Å². The Balaban J connectivity index is 1.41. The summed E-state index contributed by atoms with van der Waals surface area (Å²) in [4.78, 5) is 40.9. The first-order valence-electron chi connectivity index (χ1n) is 11.4. The lowest BCUT2D eigenvalue weighted by Crippen LogP contribution is -2.46. The van der Waals surface area contributed by atoms with Crippen molar-refractivity contribution < 1.29 is 23.5 Å². The van der Waals surface area contributed by atoms with Gasteiger partial charge in [-0.1, -0.05) is 41.9 Å². The summed E-state index contributed by atoms with van der Waals surface area (Å²) in [5.41, 5.74) is 1.85. The fraction of sp³-hybridized carbons (Fsp3) is 0.148. The van der Waals surface area contributed by atoms with Crippen molar-refractivity contribution in [2.24, 2.45) is 0 Å². The van der Waals surface area contributed by atoms with E-state index in [9.17, 15) is 14.4 Å². The molecule has 2 N–H and O–H groups in total. The molecule has 2 aromatic carbocycles. The van der Waals surface area contributed by atoms with Crippen LogP contribution in [0.1, 0.15) is 32.7 Å². The van der Waals surface area contributed by atoms with Gasteiger partial charge in [-0.2, -0.15) is 0 Å². The maximum Gasteiger partial charge on any atom is 0.411 e. The molecule has 2 unspecified atom stereocenters. The second-order valence-corrected chi connectivity index (χ2v) is 9.75. The summed E-state index contributed by atoms with van der Waals surface area (Å²) in [6.45, 7) is 0.286. The molecule has 188 valence electrons. The van der Waals surface area contributed by atoms with Crippen molar-refractivity contribution in [1.29, 1.82) is 0 Å². The van der Waals surface area contributed by atoms with Gasteiger partial charge in [0.05, 0.1) is 24.2 Å². The van der Waals surface area contributed by atoms with E-state index >= 15 is 0 Å². The lowest BCUT2D eigenvalue weighted by Gasteiger charge is -2.24. The number of hydrogen-bond donors (Lipinski definition) is 2. The normalized spacial score (nSPS) is 16.9. The van der Waals surface area contributed by atoms with Crippen molar-refractivity contribution in [3.8, 4) is 0 Å². The molecule has 0 saturated carbocycles. The molecular formula is C27H22ClN3O5S. The number of benzene rings is 2. The molecule has 5 rings (SSSR count). The lowest BCUT2D eigenvalue weighted by molar-refractivity contribution is -0.126. The Morgan fingerprint density at radius 2 is 1.89 bits per heavy atom. The first-order valence-corrected chi connectivity index (χ1v) is 12.7. The Morgan fingerprint density at radius 1 is 1.03 bits per heavy atom. The van der Waals surface area contributed by atoms with Crippen LogP contribution in [0, 0.1) is 0 Å². The van der Waals surface area contributed by atoms with Gasteiger partial charge in [-0.3, -0.25) is 14.5 Å². The Hall–Kier alpha value is -4.08. The Bertz CT molecular complexity index is 1410. The molecular weight excluding hydrogens is 514 g/mol. The first-order chi connectivity index (χ1) is 18.0. The van der Waals surface area contributed by atoms with E-state index in [4.69, 9.17) is 20.8 Å². The van der Waals surface area contributed by atoms with E-state index in [1.54, 1.807) is 66.7 Å². The molecule has 3 amide bonds. The first kappa shape index (κ1) is 24.6. The van der Waals surface area contributed by atoms with E-state index in [1.165, 1.54) is 22.5 Å². The van der Waals surface area contributed by atoms with Crippen LogP contribution in [0.2, 0.25) is 5.02 Å². The minimum absolute atomic E-state index is 0.129. The van der Waals surface area contributed by atoms with E-state index < -0.39 is 24.1 Å². The monoisotopic (exact) mass is 535 g/mol. The fourth-order valence-electron chi connectivity index (χ4n) is 4.13. The van der Waals surface area contributed by atoms with Gasteiger partial charge in [0.25, 0.3) is 5.91 Å². The van der Waals surface area contributed by atoms with Gasteiger partial charge >= 0.3 is 6.09 Å². The van der Waals surface area contributed by atoms with Crippen LogP contribution in [0.15, 0.2) is 88.9 Å². The maximum absolute atomic E-state index is 13.4. The summed E-state index contributed by atoms with van der Waals surface area (Å²) >= 11 is 7.47. The van der Waals surface area contributed by atoms with E-state index in [2.05, 4.69) is 10.6 Å². The molecule has 10 heteroatoms. The van der Waals surface area contributed by atoms with Crippen LogP contribution in [0.25, 0.3) is 0 Å². The SMILES string of the molecule is O=C(Nc1cccc(C2OC(=O)N(Cc3cccc(Cl)c3)C2C(=O)NCc2ccco2)c1)c1cccs1. The molecule has 1 saturated heterocycles. The van der Waals surface area contributed by atoms with Gasteiger partial charge in [-0.25, -0.2) is 4.79 Å². The summed E-state index contributed by atoms with van der Waals surface area (Å²) < 4.78 is 11.0. The van der Waals surface area contributed by atoms with E-state index in [0.717, 1.165) is 5.56 Å². The van der Waals surface area contributed by atoms with Crippen LogP contribution in [-0.4, -0.2) is 28.8 Å². The van der Waals surface area contributed by atoms with Crippen LogP contribution in [0.3, 0.4) is 0 Å². The quantitative estimate of drug-likeness (QED) is 0.305. The van der Waals surface area contributed by atoms with E-state index in [0.29, 0.717) is 26.9 Å². The number of nitrogens with one attached hydrogen (secondary N) is 2. The van der Waals surface area contributed by atoms with Gasteiger partial charge in [0, 0.05) is 10.7 Å². The molecule has 2 aromatic heterocycles. The summed E-state index contributed by atoms with van der Waals surface area (Å²) in [5.74, 6) is -0.0667. The second-order valence-electron chi connectivity index (χ2n) is 8.36. The molecule has 1 aliphatic rings. The number of nitrogens with zero attached hydrogens (tertiary/aromatic N) is 1. The summed E-state index contributed by atoms with van der Waals surface area (Å²) in [6, 6.07) is 20.1. The summed E-state index contributed by atoms with van der Waals surface area (Å²) in [5, 5.41) is 8.04. The highest BCUT2D eigenvalue weighted by Gasteiger charge is 2.47. The predicted molar refractivity (Wildman–Crippen MR) is 139 cm³/mol. The third-order valence-corrected chi connectivity index (χ3v) is 6.93. The molecule has 0 spiro atoms. The molecule has 0 aliphatic carbocycles. The molecule has 4 aromatic rings. The smallest absolute Gasteiger partial charge is 0.411 e. The average Bonchev–Trinajstić information content (AvgIpc) is 3.66. The molecule has 1 fully saturated rings. The topological polar surface area (TPSA) is 101 Å². The van der Waals surface area contributed by atoms with E-state index in [1.807, 2.05) is 11.4 Å². The van der Waals surface area contributed by atoms with Crippen molar-refractivity contribution in [1.82, 2.24) is 10.2 Å². The second kappa shape index (κ2) is 10.9. The largest absolute Gasteiger partial charge is 0.467 e. The molecule has 0 bridgehead atoms. The van der Waals surface area contributed by atoms with Gasteiger partial charge in [0.2, 0.25) is 5.91 Å². The third-order valence-electron chi connectivity index (χ3n) is 5.83. The molecule has 37 heavy (non-hydrogen) atoms. The van der Waals surface area contributed by atoms with Crippen LogP contribution in [-0.2, 0) is 22.6 Å². The standard InChI is InChI=1S/C27H22ClN3O5S/c28-19-7-1-5-17(13-19)16-31-23(26(33)29-15-21-9-3-11-35-21)24(36-27(31)34)18-6-2-8-20(14-18)30-25(32)22-10-4-12-37-22/h1-14,23-24H,15-16H2,(H,29,33)(H,30,32). The number of rotatable bonds is 8. The van der Waals surface area contributed by atoms with Crippen LogP contribution < -0.4 is 10.6 Å². The molecule has 1 aliphatic heterocycles.